The Morgan fingerprint density at radius 1 is 1.36 bits per heavy atom. The lowest BCUT2D eigenvalue weighted by molar-refractivity contribution is 0.406. The summed E-state index contributed by atoms with van der Waals surface area (Å²) >= 11 is 0. The fraction of sp³-hybridized carbons (Fsp3) is 0.100. The van der Waals surface area contributed by atoms with E-state index in [1.807, 2.05) is 0 Å². The summed E-state index contributed by atoms with van der Waals surface area (Å²) in [4.78, 5) is 0. The lowest BCUT2D eigenvalue weighted by atomic mass is 10.1. The minimum atomic E-state index is -0.756. The van der Waals surface area contributed by atoms with Gasteiger partial charge in [-0.1, -0.05) is 0 Å². The van der Waals surface area contributed by atoms with Crippen LogP contribution in [0.5, 0.6) is 5.75 Å². The first-order valence-electron chi connectivity index (χ1n) is 3.78. The number of nitrogens with zero attached hydrogens (tertiary/aromatic N) is 1. The Kier molecular flexibility index (Phi) is 3.19. The molecule has 0 aromatic heterocycles. The smallest absolute Gasteiger partial charge is 0.137 e. The minimum Gasteiger partial charge on any atom is -0.497 e. The molecule has 1 aromatic rings. The Balaban J connectivity index is 3.19. The van der Waals surface area contributed by atoms with Crippen LogP contribution in [0, 0.1) is 23.0 Å². The van der Waals surface area contributed by atoms with Gasteiger partial charge in [0.15, 0.2) is 0 Å². The molecular formula is C10H7F2NO. The van der Waals surface area contributed by atoms with Gasteiger partial charge in [0.2, 0.25) is 0 Å². The first kappa shape index (κ1) is 10.2. The molecule has 4 heteroatoms. The van der Waals surface area contributed by atoms with Crippen LogP contribution in [-0.4, -0.2) is 7.11 Å². The van der Waals surface area contributed by atoms with Gasteiger partial charge >= 0.3 is 0 Å². The second-order valence-corrected chi connectivity index (χ2v) is 2.47. The molecule has 0 heterocycles. The van der Waals surface area contributed by atoms with Crippen LogP contribution < -0.4 is 4.74 Å². The van der Waals surface area contributed by atoms with Crippen molar-refractivity contribution in [3.63, 3.8) is 0 Å². The number of hydrogen-bond donors (Lipinski definition) is 0. The third-order valence-corrected chi connectivity index (χ3v) is 1.61. The SMILES string of the molecule is COc1cc(F)c(C=CC#N)c(F)c1. The van der Waals surface area contributed by atoms with Crippen molar-refractivity contribution in [2.24, 2.45) is 0 Å². The standard InChI is InChI=1S/C10H7F2NO/c1-14-7-5-9(11)8(3-2-4-13)10(12)6-7/h2-3,5-6H,1H3. The second kappa shape index (κ2) is 4.38. The molecule has 0 spiro atoms. The van der Waals surface area contributed by atoms with Gasteiger partial charge in [-0.05, 0) is 6.08 Å². The molecule has 1 aromatic carbocycles. The van der Waals surface area contributed by atoms with Crippen LogP contribution in [0.2, 0.25) is 0 Å². The Bertz CT molecular complexity index is 384. The van der Waals surface area contributed by atoms with Crippen LogP contribution in [0.4, 0.5) is 8.78 Å². The Morgan fingerprint density at radius 2 is 1.93 bits per heavy atom. The molecule has 0 unspecified atom stereocenters. The number of allylic oxidation sites excluding steroid dienone is 1. The maximum Gasteiger partial charge on any atom is 0.137 e. The summed E-state index contributed by atoms with van der Waals surface area (Å²) in [5.41, 5.74) is -0.243. The lowest BCUT2D eigenvalue weighted by Crippen LogP contribution is -1.92. The summed E-state index contributed by atoms with van der Waals surface area (Å²) < 4.78 is 30.9. The van der Waals surface area contributed by atoms with Crippen molar-refractivity contribution in [3.8, 4) is 11.8 Å². The van der Waals surface area contributed by atoms with Gasteiger partial charge in [0, 0.05) is 23.8 Å². The van der Waals surface area contributed by atoms with Crippen molar-refractivity contribution in [3.05, 3.63) is 35.4 Å². The monoisotopic (exact) mass is 195 g/mol. The van der Waals surface area contributed by atoms with E-state index in [4.69, 9.17) is 5.26 Å². The van der Waals surface area contributed by atoms with Gasteiger partial charge in [0.25, 0.3) is 0 Å². The fourth-order valence-electron chi connectivity index (χ4n) is 0.959. The summed E-state index contributed by atoms with van der Waals surface area (Å²) in [6.45, 7) is 0. The summed E-state index contributed by atoms with van der Waals surface area (Å²) in [7, 11) is 1.32. The highest BCUT2D eigenvalue weighted by Crippen LogP contribution is 2.21. The summed E-state index contributed by atoms with van der Waals surface area (Å²) in [6, 6.07) is 3.77. The molecule has 0 atom stereocenters. The van der Waals surface area contributed by atoms with Crippen LogP contribution >= 0.6 is 0 Å². The molecule has 0 N–H and O–H groups in total. The highest BCUT2D eigenvalue weighted by molar-refractivity contribution is 5.54. The number of nitriles is 1. The molecule has 0 saturated heterocycles. The number of benzene rings is 1. The van der Waals surface area contributed by atoms with Crippen LogP contribution in [0.3, 0.4) is 0 Å². The number of methoxy groups -OCH3 is 1. The maximum absolute atomic E-state index is 13.1. The minimum absolute atomic E-state index is 0.106. The first-order chi connectivity index (χ1) is 6.69. The van der Waals surface area contributed by atoms with Gasteiger partial charge in [-0.2, -0.15) is 5.26 Å². The summed E-state index contributed by atoms with van der Waals surface area (Å²) in [5.74, 6) is -1.41. The molecule has 0 bridgehead atoms. The zero-order chi connectivity index (χ0) is 10.6. The molecular weight excluding hydrogens is 188 g/mol. The highest BCUT2D eigenvalue weighted by Gasteiger charge is 2.08. The quantitative estimate of drug-likeness (QED) is 0.679. The van der Waals surface area contributed by atoms with Gasteiger partial charge in [0.1, 0.15) is 17.4 Å². The molecule has 14 heavy (non-hydrogen) atoms. The molecule has 0 fully saturated rings. The van der Waals surface area contributed by atoms with Gasteiger partial charge < -0.3 is 4.74 Å². The summed E-state index contributed by atoms with van der Waals surface area (Å²) in [5, 5.41) is 8.20. The Morgan fingerprint density at radius 3 is 2.36 bits per heavy atom. The topological polar surface area (TPSA) is 33.0 Å². The maximum atomic E-state index is 13.1. The van der Waals surface area contributed by atoms with E-state index in [0.29, 0.717) is 0 Å². The number of ether oxygens (including phenoxy) is 1. The summed E-state index contributed by atoms with van der Waals surface area (Å²) in [6.07, 6.45) is 2.08. The van der Waals surface area contributed by atoms with Crippen LogP contribution in [0.15, 0.2) is 18.2 Å². The van der Waals surface area contributed by atoms with E-state index in [0.717, 1.165) is 24.3 Å². The molecule has 0 aliphatic heterocycles. The highest BCUT2D eigenvalue weighted by atomic mass is 19.1. The van der Waals surface area contributed by atoms with E-state index >= 15 is 0 Å². The average molecular weight is 195 g/mol. The predicted octanol–water partition coefficient (Wildman–Crippen LogP) is 2.51. The van der Waals surface area contributed by atoms with Crippen LogP contribution in [-0.2, 0) is 0 Å². The van der Waals surface area contributed by atoms with Crippen molar-refractivity contribution >= 4 is 6.08 Å². The Labute approximate surface area is 80.0 Å². The average Bonchev–Trinajstić information content (AvgIpc) is 2.16. The van der Waals surface area contributed by atoms with Gasteiger partial charge in [-0.25, -0.2) is 8.78 Å². The number of rotatable bonds is 2. The van der Waals surface area contributed by atoms with E-state index < -0.39 is 11.6 Å². The van der Waals surface area contributed by atoms with E-state index in [1.165, 1.54) is 7.11 Å². The fourth-order valence-corrected chi connectivity index (χ4v) is 0.959. The molecule has 2 nitrogen and oxygen atoms in total. The molecule has 0 radical (unpaired) electrons. The van der Waals surface area contributed by atoms with E-state index in [9.17, 15) is 8.78 Å². The number of halogens is 2. The molecule has 0 aliphatic carbocycles. The predicted molar refractivity (Wildman–Crippen MR) is 47.6 cm³/mol. The van der Waals surface area contributed by atoms with Gasteiger partial charge in [0.05, 0.1) is 13.2 Å². The van der Waals surface area contributed by atoms with Crippen molar-refractivity contribution in [2.75, 3.05) is 7.11 Å². The molecule has 72 valence electrons. The molecule has 0 saturated carbocycles. The lowest BCUT2D eigenvalue weighted by Gasteiger charge is -2.03. The molecule has 1 rings (SSSR count). The van der Waals surface area contributed by atoms with Crippen LogP contribution in [0.1, 0.15) is 5.56 Å². The zero-order valence-corrected chi connectivity index (χ0v) is 7.42. The largest absolute Gasteiger partial charge is 0.497 e. The van der Waals surface area contributed by atoms with Gasteiger partial charge in [-0.3, -0.25) is 0 Å². The van der Waals surface area contributed by atoms with Crippen molar-refractivity contribution in [1.82, 2.24) is 0 Å². The molecule has 0 aliphatic rings. The zero-order valence-electron chi connectivity index (χ0n) is 7.42. The van der Waals surface area contributed by atoms with Crippen molar-refractivity contribution < 1.29 is 13.5 Å². The van der Waals surface area contributed by atoms with E-state index in [2.05, 4.69) is 4.74 Å². The second-order valence-electron chi connectivity index (χ2n) is 2.47. The van der Waals surface area contributed by atoms with Crippen molar-refractivity contribution in [1.29, 1.82) is 5.26 Å². The van der Waals surface area contributed by atoms with Gasteiger partial charge in [-0.15, -0.1) is 0 Å². The third-order valence-electron chi connectivity index (χ3n) is 1.61. The van der Waals surface area contributed by atoms with E-state index in [-0.39, 0.29) is 11.3 Å². The Hall–Kier alpha value is -1.89. The normalized spacial score (nSPS) is 10.1. The first-order valence-corrected chi connectivity index (χ1v) is 3.78. The number of hydrogen-bond acceptors (Lipinski definition) is 2. The molecule has 0 amide bonds. The third kappa shape index (κ3) is 2.07. The van der Waals surface area contributed by atoms with Crippen molar-refractivity contribution in [2.45, 2.75) is 0 Å². The van der Waals surface area contributed by atoms with Crippen LogP contribution in [0.25, 0.3) is 6.08 Å². The van der Waals surface area contributed by atoms with E-state index in [1.54, 1.807) is 6.07 Å².